The summed E-state index contributed by atoms with van der Waals surface area (Å²) in [6.45, 7) is 3.57. The number of nitrogens with one attached hydrogen (secondary N) is 1. The number of carbonyl (C=O) groups is 1. The highest BCUT2D eigenvalue weighted by Crippen LogP contribution is 2.24. The summed E-state index contributed by atoms with van der Waals surface area (Å²) in [6, 6.07) is 11.3. The summed E-state index contributed by atoms with van der Waals surface area (Å²) < 4.78 is 25.8. The van der Waals surface area contributed by atoms with Gasteiger partial charge >= 0.3 is 0 Å². The van der Waals surface area contributed by atoms with Crippen LogP contribution in [0.2, 0.25) is 0 Å². The van der Waals surface area contributed by atoms with Crippen LogP contribution in [0.1, 0.15) is 18.9 Å². The monoisotopic (exact) mass is 391 g/mol. The molecule has 0 spiro atoms. The molecule has 2 rings (SSSR count). The van der Waals surface area contributed by atoms with E-state index in [9.17, 15) is 23.3 Å². The molecule has 9 heteroatoms. The van der Waals surface area contributed by atoms with Gasteiger partial charge in [-0.25, -0.2) is 8.42 Å². The van der Waals surface area contributed by atoms with E-state index >= 15 is 0 Å². The highest BCUT2D eigenvalue weighted by Gasteiger charge is 2.31. The number of rotatable bonds is 7. The zero-order valence-electron chi connectivity index (χ0n) is 15.2. The fourth-order valence-electron chi connectivity index (χ4n) is 2.67. The Labute approximate surface area is 158 Å². The van der Waals surface area contributed by atoms with E-state index in [2.05, 4.69) is 5.32 Å². The number of amides is 1. The first-order valence-electron chi connectivity index (χ1n) is 8.25. The summed E-state index contributed by atoms with van der Waals surface area (Å²) in [7, 11) is -3.74. The van der Waals surface area contributed by atoms with E-state index in [0.717, 1.165) is 16.1 Å². The van der Waals surface area contributed by atoms with Crippen molar-refractivity contribution in [2.24, 2.45) is 0 Å². The van der Waals surface area contributed by atoms with Gasteiger partial charge in [0.05, 0.1) is 16.9 Å². The molecule has 0 aromatic heterocycles. The molecule has 0 saturated carbocycles. The number of aryl methyl sites for hydroxylation is 1. The summed E-state index contributed by atoms with van der Waals surface area (Å²) in [6.07, 6.45) is 1.26. The van der Waals surface area contributed by atoms with Gasteiger partial charge in [0.1, 0.15) is 6.04 Å². The molecule has 144 valence electrons. The van der Waals surface area contributed by atoms with Crippen molar-refractivity contribution in [1.82, 2.24) is 0 Å². The molecule has 2 aromatic carbocycles. The van der Waals surface area contributed by atoms with Crippen molar-refractivity contribution in [1.29, 1.82) is 0 Å². The zero-order valence-corrected chi connectivity index (χ0v) is 16.1. The summed E-state index contributed by atoms with van der Waals surface area (Å²) >= 11 is 0. The van der Waals surface area contributed by atoms with Crippen molar-refractivity contribution in [3.63, 3.8) is 0 Å². The van der Waals surface area contributed by atoms with E-state index in [4.69, 9.17) is 0 Å². The lowest BCUT2D eigenvalue weighted by Gasteiger charge is -2.30. The Morgan fingerprint density at radius 2 is 1.85 bits per heavy atom. The van der Waals surface area contributed by atoms with E-state index in [1.807, 2.05) is 6.92 Å². The SMILES string of the molecule is CCC(C(=O)Nc1cccc([N+](=O)[O-])c1)N(c1ccc(C)cc1)S(C)(=O)=O. The van der Waals surface area contributed by atoms with E-state index in [0.29, 0.717) is 5.69 Å². The van der Waals surface area contributed by atoms with Crippen LogP contribution in [0.3, 0.4) is 0 Å². The van der Waals surface area contributed by atoms with Gasteiger partial charge in [0.15, 0.2) is 0 Å². The maximum atomic E-state index is 12.8. The minimum atomic E-state index is -3.74. The van der Waals surface area contributed by atoms with Gasteiger partial charge in [-0.15, -0.1) is 0 Å². The molecule has 0 fully saturated rings. The fraction of sp³-hybridized carbons (Fsp3) is 0.278. The molecule has 1 unspecified atom stereocenters. The lowest BCUT2D eigenvalue weighted by atomic mass is 10.1. The molecule has 0 bridgehead atoms. The van der Waals surface area contributed by atoms with Crippen LogP contribution in [-0.4, -0.2) is 31.5 Å². The van der Waals surface area contributed by atoms with E-state index in [1.165, 1.54) is 24.3 Å². The summed E-state index contributed by atoms with van der Waals surface area (Å²) in [5.74, 6) is -0.566. The predicted molar refractivity (Wildman–Crippen MR) is 104 cm³/mol. The van der Waals surface area contributed by atoms with E-state index in [1.54, 1.807) is 31.2 Å². The Morgan fingerprint density at radius 1 is 1.22 bits per heavy atom. The number of sulfonamides is 1. The minimum absolute atomic E-state index is 0.167. The summed E-state index contributed by atoms with van der Waals surface area (Å²) in [4.78, 5) is 23.1. The number of hydrogen-bond acceptors (Lipinski definition) is 5. The second kappa shape index (κ2) is 8.17. The predicted octanol–water partition coefficient (Wildman–Crippen LogP) is 3.09. The average Bonchev–Trinajstić information content (AvgIpc) is 2.59. The lowest BCUT2D eigenvalue weighted by molar-refractivity contribution is -0.384. The number of anilines is 2. The molecule has 0 aliphatic heterocycles. The Hall–Kier alpha value is -2.94. The third kappa shape index (κ3) is 5.04. The van der Waals surface area contributed by atoms with Crippen LogP contribution < -0.4 is 9.62 Å². The number of nitro groups is 1. The van der Waals surface area contributed by atoms with E-state index < -0.39 is 26.9 Å². The molecular weight excluding hydrogens is 370 g/mol. The maximum Gasteiger partial charge on any atom is 0.271 e. The fourth-order valence-corrected chi connectivity index (χ4v) is 3.89. The molecule has 1 N–H and O–H groups in total. The highest BCUT2D eigenvalue weighted by atomic mass is 32.2. The van der Waals surface area contributed by atoms with Crippen molar-refractivity contribution >= 4 is 33.0 Å². The molecule has 27 heavy (non-hydrogen) atoms. The molecule has 0 radical (unpaired) electrons. The van der Waals surface area contributed by atoms with Gasteiger partial charge < -0.3 is 5.32 Å². The minimum Gasteiger partial charge on any atom is -0.324 e. The lowest BCUT2D eigenvalue weighted by Crippen LogP contribution is -2.47. The van der Waals surface area contributed by atoms with Crippen LogP contribution in [0.15, 0.2) is 48.5 Å². The molecular formula is C18H21N3O5S. The number of hydrogen-bond donors (Lipinski definition) is 1. The van der Waals surface area contributed by atoms with Crippen molar-refractivity contribution in [2.45, 2.75) is 26.3 Å². The smallest absolute Gasteiger partial charge is 0.271 e. The van der Waals surface area contributed by atoms with Crippen LogP contribution in [0, 0.1) is 17.0 Å². The van der Waals surface area contributed by atoms with Crippen LogP contribution in [0.25, 0.3) is 0 Å². The van der Waals surface area contributed by atoms with E-state index in [-0.39, 0.29) is 17.8 Å². The van der Waals surface area contributed by atoms with Gasteiger partial charge in [-0.3, -0.25) is 19.2 Å². The van der Waals surface area contributed by atoms with Crippen LogP contribution in [-0.2, 0) is 14.8 Å². The van der Waals surface area contributed by atoms with Gasteiger partial charge in [-0.05, 0) is 31.5 Å². The molecule has 1 atom stereocenters. The number of nitro benzene ring substituents is 1. The van der Waals surface area contributed by atoms with Crippen molar-refractivity contribution < 1.29 is 18.1 Å². The number of non-ortho nitro benzene ring substituents is 1. The maximum absolute atomic E-state index is 12.8. The first-order chi connectivity index (χ1) is 12.6. The van der Waals surface area contributed by atoms with Gasteiger partial charge in [0, 0.05) is 17.8 Å². The van der Waals surface area contributed by atoms with Gasteiger partial charge in [0.25, 0.3) is 5.69 Å². The third-order valence-corrected chi connectivity index (χ3v) is 5.12. The Morgan fingerprint density at radius 3 is 2.37 bits per heavy atom. The molecule has 2 aromatic rings. The van der Waals surface area contributed by atoms with Crippen LogP contribution in [0.4, 0.5) is 17.1 Å². The number of benzene rings is 2. The molecule has 1 amide bonds. The number of carbonyl (C=O) groups excluding carboxylic acids is 1. The molecule has 0 heterocycles. The average molecular weight is 391 g/mol. The van der Waals surface area contributed by atoms with Gasteiger partial charge in [0.2, 0.25) is 15.9 Å². The number of nitrogens with zero attached hydrogens (tertiary/aromatic N) is 2. The van der Waals surface area contributed by atoms with Gasteiger partial charge in [-0.2, -0.15) is 0 Å². The molecule has 0 aliphatic carbocycles. The summed E-state index contributed by atoms with van der Waals surface area (Å²) in [5.41, 5.74) is 1.40. The third-order valence-electron chi connectivity index (χ3n) is 3.94. The highest BCUT2D eigenvalue weighted by molar-refractivity contribution is 7.92. The second-order valence-corrected chi connectivity index (χ2v) is 7.97. The Balaban J connectivity index is 2.36. The van der Waals surface area contributed by atoms with Crippen molar-refractivity contribution in [3.05, 3.63) is 64.2 Å². The Bertz CT molecular complexity index is 942. The second-order valence-electron chi connectivity index (χ2n) is 6.12. The quantitative estimate of drug-likeness (QED) is 0.576. The van der Waals surface area contributed by atoms with Crippen molar-refractivity contribution in [2.75, 3.05) is 15.9 Å². The van der Waals surface area contributed by atoms with Crippen LogP contribution >= 0.6 is 0 Å². The first-order valence-corrected chi connectivity index (χ1v) is 10.1. The Kier molecular flexibility index (Phi) is 6.17. The summed E-state index contributed by atoms with van der Waals surface area (Å²) in [5, 5.41) is 13.5. The van der Waals surface area contributed by atoms with Crippen molar-refractivity contribution in [3.8, 4) is 0 Å². The van der Waals surface area contributed by atoms with Crippen LogP contribution in [0.5, 0.6) is 0 Å². The normalized spacial score (nSPS) is 12.3. The first kappa shape index (κ1) is 20.4. The molecule has 8 nitrogen and oxygen atoms in total. The van der Waals surface area contributed by atoms with Gasteiger partial charge in [-0.1, -0.05) is 30.7 Å². The topological polar surface area (TPSA) is 110 Å². The largest absolute Gasteiger partial charge is 0.324 e. The molecule has 0 aliphatic rings. The molecule has 0 saturated heterocycles. The zero-order chi connectivity index (χ0) is 20.2. The standard InChI is InChI=1S/C18H21N3O5S/c1-4-17(18(22)19-14-6-5-7-16(12-14)21(23)24)20(27(3,25)26)15-10-8-13(2)9-11-15/h5-12,17H,4H2,1-3H3,(H,19,22).